The number of oxime groups is 1. The van der Waals surface area contributed by atoms with Crippen LogP contribution in [0.25, 0.3) is 0 Å². The van der Waals surface area contributed by atoms with Crippen LogP contribution in [0.5, 0.6) is 0 Å². The fourth-order valence-corrected chi connectivity index (χ4v) is 2.35. The molecule has 0 aromatic heterocycles. The molecule has 1 atom stereocenters. The smallest absolute Gasteiger partial charge is 0.170 e. The highest BCUT2D eigenvalue weighted by molar-refractivity contribution is 5.97. The van der Waals surface area contributed by atoms with Crippen LogP contribution >= 0.6 is 0 Å². The predicted octanol–water partition coefficient (Wildman–Crippen LogP) is 2.94. The van der Waals surface area contributed by atoms with Crippen LogP contribution in [0, 0.1) is 6.92 Å². The molecule has 0 saturated heterocycles. The monoisotopic (exact) mass is 283 g/mol. The minimum atomic E-state index is 0.129. The first kappa shape index (κ1) is 15.1. The van der Waals surface area contributed by atoms with E-state index in [0.29, 0.717) is 0 Å². The van der Waals surface area contributed by atoms with E-state index in [-0.39, 0.29) is 11.9 Å². The van der Waals surface area contributed by atoms with Gasteiger partial charge in [0.15, 0.2) is 5.84 Å². The average molecular weight is 283 g/mol. The molecule has 4 nitrogen and oxygen atoms in total. The summed E-state index contributed by atoms with van der Waals surface area (Å²) in [7, 11) is 0. The van der Waals surface area contributed by atoms with Gasteiger partial charge >= 0.3 is 0 Å². The normalized spacial score (nSPS) is 13.1. The number of benzene rings is 2. The SMILES string of the molecule is Cc1ccccc1C(C)NCc1cccc(C(N)=NO)c1. The van der Waals surface area contributed by atoms with Crippen molar-refractivity contribution in [3.8, 4) is 0 Å². The van der Waals surface area contributed by atoms with E-state index in [2.05, 4.69) is 42.5 Å². The first-order chi connectivity index (χ1) is 10.1. The van der Waals surface area contributed by atoms with E-state index in [1.165, 1.54) is 11.1 Å². The average Bonchev–Trinajstić information content (AvgIpc) is 2.52. The minimum absolute atomic E-state index is 0.129. The zero-order valence-corrected chi connectivity index (χ0v) is 12.4. The number of nitrogens with zero attached hydrogens (tertiary/aromatic N) is 1. The van der Waals surface area contributed by atoms with Gasteiger partial charge in [0.25, 0.3) is 0 Å². The van der Waals surface area contributed by atoms with Crippen LogP contribution in [0.1, 0.15) is 35.2 Å². The maximum absolute atomic E-state index is 8.72. The van der Waals surface area contributed by atoms with Gasteiger partial charge in [-0.1, -0.05) is 47.6 Å². The lowest BCUT2D eigenvalue weighted by molar-refractivity contribution is 0.318. The number of nitrogens with one attached hydrogen (secondary N) is 1. The van der Waals surface area contributed by atoms with Crippen molar-refractivity contribution in [2.24, 2.45) is 10.9 Å². The fourth-order valence-electron chi connectivity index (χ4n) is 2.35. The van der Waals surface area contributed by atoms with E-state index in [4.69, 9.17) is 10.9 Å². The molecular formula is C17H21N3O. The Morgan fingerprint density at radius 2 is 2.00 bits per heavy atom. The van der Waals surface area contributed by atoms with Gasteiger partial charge in [-0.15, -0.1) is 0 Å². The molecular weight excluding hydrogens is 262 g/mol. The molecule has 0 heterocycles. The summed E-state index contributed by atoms with van der Waals surface area (Å²) in [6.07, 6.45) is 0. The van der Waals surface area contributed by atoms with Gasteiger partial charge in [0.1, 0.15) is 0 Å². The highest BCUT2D eigenvalue weighted by Crippen LogP contribution is 2.17. The number of hydrogen-bond acceptors (Lipinski definition) is 3. The number of nitrogens with two attached hydrogens (primary N) is 1. The van der Waals surface area contributed by atoms with Crippen LogP contribution in [0.15, 0.2) is 53.7 Å². The van der Waals surface area contributed by atoms with Gasteiger partial charge in [0.05, 0.1) is 0 Å². The van der Waals surface area contributed by atoms with Crippen LogP contribution in [-0.4, -0.2) is 11.0 Å². The molecule has 110 valence electrons. The highest BCUT2D eigenvalue weighted by Gasteiger charge is 2.07. The summed E-state index contributed by atoms with van der Waals surface area (Å²) in [6.45, 7) is 4.99. The first-order valence-corrected chi connectivity index (χ1v) is 6.97. The molecule has 0 fully saturated rings. The summed E-state index contributed by atoms with van der Waals surface area (Å²) in [6, 6.07) is 16.3. The minimum Gasteiger partial charge on any atom is -0.409 e. The summed E-state index contributed by atoms with van der Waals surface area (Å²) in [5.74, 6) is 0.129. The molecule has 0 aliphatic carbocycles. The summed E-state index contributed by atoms with van der Waals surface area (Å²) in [5, 5.41) is 15.2. The van der Waals surface area contributed by atoms with Crippen LogP contribution in [0.3, 0.4) is 0 Å². The molecule has 2 aromatic carbocycles. The second kappa shape index (κ2) is 6.90. The van der Waals surface area contributed by atoms with Gasteiger partial charge in [-0.05, 0) is 36.6 Å². The van der Waals surface area contributed by atoms with Crippen molar-refractivity contribution in [2.75, 3.05) is 0 Å². The lowest BCUT2D eigenvalue weighted by atomic mass is 10.0. The van der Waals surface area contributed by atoms with Gasteiger partial charge in [0.2, 0.25) is 0 Å². The second-order valence-electron chi connectivity index (χ2n) is 5.14. The second-order valence-corrected chi connectivity index (χ2v) is 5.14. The zero-order valence-electron chi connectivity index (χ0n) is 12.4. The molecule has 1 unspecified atom stereocenters. The third-order valence-corrected chi connectivity index (χ3v) is 3.60. The lowest BCUT2D eigenvalue weighted by Gasteiger charge is -2.16. The molecule has 4 N–H and O–H groups in total. The van der Waals surface area contributed by atoms with Crippen molar-refractivity contribution in [1.82, 2.24) is 5.32 Å². The van der Waals surface area contributed by atoms with E-state index < -0.39 is 0 Å². The van der Waals surface area contributed by atoms with Crippen molar-refractivity contribution in [1.29, 1.82) is 0 Å². The third kappa shape index (κ3) is 3.83. The van der Waals surface area contributed by atoms with Crippen molar-refractivity contribution in [3.63, 3.8) is 0 Å². The van der Waals surface area contributed by atoms with Gasteiger partial charge < -0.3 is 16.3 Å². The Morgan fingerprint density at radius 3 is 2.71 bits per heavy atom. The van der Waals surface area contributed by atoms with E-state index in [1.54, 1.807) is 0 Å². The summed E-state index contributed by atoms with van der Waals surface area (Å²) >= 11 is 0. The molecule has 0 bridgehead atoms. The maximum atomic E-state index is 8.72. The fraction of sp³-hybridized carbons (Fsp3) is 0.235. The van der Waals surface area contributed by atoms with Crippen molar-refractivity contribution < 1.29 is 5.21 Å². The van der Waals surface area contributed by atoms with Crippen molar-refractivity contribution >= 4 is 5.84 Å². The van der Waals surface area contributed by atoms with Crippen LogP contribution < -0.4 is 11.1 Å². The lowest BCUT2D eigenvalue weighted by Crippen LogP contribution is -2.19. The topological polar surface area (TPSA) is 70.6 Å². The van der Waals surface area contributed by atoms with Crippen LogP contribution in [0.2, 0.25) is 0 Å². The van der Waals surface area contributed by atoms with Crippen molar-refractivity contribution in [2.45, 2.75) is 26.4 Å². The standard InChI is InChI=1S/C17H21N3O/c1-12-6-3-4-9-16(12)13(2)19-11-14-7-5-8-15(10-14)17(18)20-21/h3-10,13,19,21H,11H2,1-2H3,(H2,18,20). The highest BCUT2D eigenvalue weighted by atomic mass is 16.4. The molecule has 2 rings (SSSR count). The van der Waals surface area contributed by atoms with Gasteiger partial charge in [-0.2, -0.15) is 0 Å². The Balaban J connectivity index is 2.05. The molecule has 0 spiro atoms. The van der Waals surface area contributed by atoms with Crippen LogP contribution in [0.4, 0.5) is 0 Å². The van der Waals surface area contributed by atoms with E-state index in [0.717, 1.165) is 17.7 Å². The van der Waals surface area contributed by atoms with Crippen molar-refractivity contribution in [3.05, 3.63) is 70.8 Å². The Morgan fingerprint density at radius 1 is 1.24 bits per heavy atom. The largest absolute Gasteiger partial charge is 0.409 e. The summed E-state index contributed by atoms with van der Waals surface area (Å²) in [4.78, 5) is 0. The van der Waals surface area contributed by atoms with E-state index in [9.17, 15) is 0 Å². The Bertz CT molecular complexity index is 637. The third-order valence-electron chi connectivity index (χ3n) is 3.60. The molecule has 4 heteroatoms. The zero-order chi connectivity index (χ0) is 15.2. The number of rotatable bonds is 5. The molecule has 0 amide bonds. The molecule has 0 radical (unpaired) electrons. The Hall–Kier alpha value is -2.33. The van der Waals surface area contributed by atoms with E-state index in [1.807, 2.05) is 30.3 Å². The molecule has 0 saturated carbocycles. The molecule has 0 aliphatic rings. The van der Waals surface area contributed by atoms with Gasteiger partial charge in [-0.3, -0.25) is 0 Å². The number of amidine groups is 1. The molecule has 21 heavy (non-hydrogen) atoms. The maximum Gasteiger partial charge on any atom is 0.170 e. The Labute approximate surface area is 125 Å². The Kier molecular flexibility index (Phi) is 4.95. The molecule has 0 aliphatic heterocycles. The summed E-state index contributed by atoms with van der Waals surface area (Å²) in [5.41, 5.74) is 10.0. The predicted molar refractivity (Wildman–Crippen MR) is 85.4 cm³/mol. The summed E-state index contributed by atoms with van der Waals surface area (Å²) < 4.78 is 0. The number of hydrogen-bond donors (Lipinski definition) is 3. The number of aryl methyl sites for hydroxylation is 1. The quantitative estimate of drug-likeness (QED) is 0.342. The van der Waals surface area contributed by atoms with E-state index >= 15 is 0 Å². The first-order valence-electron chi connectivity index (χ1n) is 6.97. The van der Waals surface area contributed by atoms with Gasteiger partial charge in [0, 0.05) is 18.2 Å². The molecule has 2 aromatic rings. The van der Waals surface area contributed by atoms with Gasteiger partial charge in [-0.25, -0.2) is 0 Å². The van der Waals surface area contributed by atoms with Crippen LogP contribution in [-0.2, 0) is 6.54 Å².